The van der Waals surface area contributed by atoms with E-state index in [1.54, 1.807) is 0 Å². The second-order valence-corrected chi connectivity index (χ2v) is 3.89. The summed E-state index contributed by atoms with van der Waals surface area (Å²) in [5, 5.41) is 12.3. The molecule has 2 heterocycles. The molecule has 102 valence electrons. The molecule has 0 unspecified atom stereocenters. The van der Waals surface area contributed by atoms with E-state index in [4.69, 9.17) is 5.11 Å². The van der Waals surface area contributed by atoms with Crippen molar-refractivity contribution in [1.82, 2.24) is 19.1 Å². The molecule has 2 aromatic heterocycles. The quantitative estimate of drug-likeness (QED) is 0.510. The Morgan fingerprint density at radius 2 is 2.05 bits per heavy atom. The molecule has 0 spiro atoms. The number of H-pyrrole nitrogens is 1. The van der Waals surface area contributed by atoms with Gasteiger partial charge in [-0.3, -0.25) is 13.9 Å². The van der Waals surface area contributed by atoms with Crippen LogP contribution in [0.15, 0.2) is 14.9 Å². The summed E-state index contributed by atoms with van der Waals surface area (Å²) in [6.45, 7) is -0.378. The minimum Gasteiger partial charge on any atom is -0.394 e. The average molecular weight is 268 g/mol. The van der Waals surface area contributed by atoms with Crippen molar-refractivity contribution in [2.45, 2.75) is 0 Å². The number of aliphatic hydroxyl groups is 1. The summed E-state index contributed by atoms with van der Waals surface area (Å²) in [4.78, 5) is 40.8. The summed E-state index contributed by atoms with van der Waals surface area (Å²) in [5.41, 5.74) is -0.865. The van der Waals surface area contributed by atoms with E-state index in [1.165, 1.54) is 18.7 Å². The summed E-state index contributed by atoms with van der Waals surface area (Å²) < 4.78 is 2.10. The van der Waals surface area contributed by atoms with E-state index in [2.05, 4.69) is 15.3 Å². The summed E-state index contributed by atoms with van der Waals surface area (Å²) in [6, 6.07) is 0. The lowest BCUT2D eigenvalue weighted by Gasteiger charge is -2.08. The van der Waals surface area contributed by atoms with Crippen molar-refractivity contribution in [3.05, 3.63) is 25.7 Å². The van der Waals surface area contributed by atoms with Crippen LogP contribution in [-0.2, 0) is 14.1 Å². The van der Waals surface area contributed by atoms with Crippen LogP contribution in [0.1, 0.15) is 0 Å². The van der Waals surface area contributed by atoms with Crippen molar-refractivity contribution in [3.63, 3.8) is 0 Å². The number of rotatable bonds is 4. The van der Waals surface area contributed by atoms with Gasteiger partial charge in [-0.25, -0.2) is 4.79 Å². The standard InChI is InChI=1S/C9H12N6O4/c1-13-6-5(7(17)14(2)9(13)18)10-8(11-6)15(12-19)3-4-16/h16H,3-4H2,1-2H3,(H,10,11). The smallest absolute Gasteiger partial charge is 0.332 e. The van der Waals surface area contributed by atoms with Crippen molar-refractivity contribution in [1.29, 1.82) is 0 Å². The number of nitrogens with one attached hydrogen (secondary N) is 1. The number of aromatic amines is 1. The minimum absolute atomic E-state index is 0.00245. The molecule has 0 bridgehead atoms. The predicted molar refractivity (Wildman–Crippen MR) is 66.8 cm³/mol. The zero-order valence-electron chi connectivity index (χ0n) is 10.3. The van der Waals surface area contributed by atoms with E-state index < -0.39 is 11.2 Å². The molecular weight excluding hydrogens is 256 g/mol. The number of aryl methyl sites for hydroxylation is 1. The highest BCUT2D eigenvalue weighted by atomic mass is 16.3. The lowest BCUT2D eigenvalue weighted by molar-refractivity contribution is 0.301. The van der Waals surface area contributed by atoms with Crippen LogP contribution in [0.3, 0.4) is 0 Å². The van der Waals surface area contributed by atoms with Gasteiger partial charge in [0, 0.05) is 14.1 Å². The lowest BCUT2D eigenvalue weighted by Crippen LogP contribution is -2.36. The van der Waals surface area contributed by atoms with Gasteiger partial charge in [0.15, 0.2) is 11.2 Å². The topological polar surface area (TPSA) is 126 Å². The van der Waals surface area contributed by atoms with Crippen molar-refractivity contribution in [3.8, 4) is 0 Å². The number of nitroso groups, excluding NO2 is 1. The van der Waals surface area contributed by atoms with Crippen LogP contribution in [0.5, 0.6) is 0 Å². The number of aliphatic hydroxyl groups excluding tert-OH is 1. The molecule has 0 atom stereocenters. The predicted octanol–water partition coefficient (Wildman–Crippen LogP) is -1.56. The van der Waals surface area contributed by atoms with Gasteiger partial charge in [0.2, 0.25) is 5.95 Å². The van der Waals surface area contributed by atoms with Gasteiger partial charge < -0.3 is 10.1 Å². The molecule has 10 heteroatoms. The molecule has 2 N–H and O–H groups in total. The molecule has 0 aromatic carbocycles. The first-order valence-electron chi connectivity index (χ1n) is 5.38. The van der Waals surface area contributed by atoms with E-state index in [9.17, 15) is 14.5 Å². The van der Waals surface area contributed by atoms with Gasteiger partial charge in [0.25, 0.3) is 5.56 Å². The molecule has 2 aromatic rings. The summed E-state index contributed by atoms with van der Waals surface area (Å²) >= 11 is 0. The summed E-state index contributed by atoms with van der Waals surface area (Å²) in [7, 11) is 2.80. The molecule has 0 saturated carbocycles. The van der Waals surface area contributed by atoms with Crippen LogP contribution in [0.4, 0.5) is 5.95 Å². The molecule has 10 nitrogen and oxygen atoms in total. The van der Waals surface area contributed by atoms with Crippen LogP contribution in [0.25, 0.3) is 11.2 Å². The van der Waals surface area contributed by atoms with Crippen molar-refractivity contribution >= 4 is 17.1 Å². The second-order valence-electron chi connectivity index (χ2n) is 3.89. The number of hydrogen-bond acceptors (Lipinski definition) is 6. The first-order chi connectivity index (χ1) is 9.01. The van der Waals surface area contributed by atoms with Gasteiger partial charge in [0.1, 0.15) is 0 Å². The minimum atomic E-state index is -0.549. The molecule has 0 radical (unpaired) electrons. The Hall–Kier alpha value is -2.49. The van der Waals surface area contributed by atoms with E-state index >= 15 is 0 Å². The molecule has 0 aliphatic heterocycles. The van der Waals surface area contributed by atoms with Crippen molar-refractivity contribution < 1.29 is 5.11 Å². The van der Waals surface area contributed by atoms with E-state index in [-0.39, 0.29) is 30.3 Å². The maximum Gasteiger partial charge on any atom is 0.332 e. The third-order valence-corrected chi connectivity index (χ3v) is 2.74. The van der Waals surface area contributed by atoms with Crippen LogP contribution >= 0.6 is 0 Å². The fraction of sp³-hybridized carbons (Fsp3) is 0.444. The molecule has 0 saturated heterocycles. The van der Waals surface area contributed by atoms with E-state index in [0.29, 0.717) is 0 Å². The lowest BCUT2D eigenvalue weighted by atomic mass is 10.5. The van der Waals surface area contributed by atoms with Gasteiger partial charge in [-0.05, 0) is 0 Å². The van der Waals surface area contributed by atoms with Crippen LogP contribution in [-0.4, -0.2) is 37.4 Å². The number of anilines is 1. The van der Waals surface area contributed by atoms with Crippen molar-refractivity contribution in [2.24, 2.45) is 19.4 Å². The maximum absolute atomic E-state index is 11.9. The first kappa shape index (κ1) is 13.0. The fourth-order valence-corrected chi connectivity index (χ4v) is 1.72. The largest absolute Gasteiger partial charge is 0.394 e. The third-order valence-electron chi connectivity index (χ3n) is 2.74. The van der Waals surface area contributed by atoms with Crippen LogP contribution in [0.2, 0.25) is 0 Å². The first-order valence-corrected chi connectivity index (χ1v) is 5.38. The highest BCUT2D eigenvalue weighted by Crippen LogP contribution is 2.13. The molecule has 0 aliphatic rings. The maximum atomic E-state index is 11.9. The molecule has 0 aliphatic carbocycles. The van der Waals surface area contributed by atoms with Gasteiger partial charge in [-0.2, -0.15) is 9.99 Å². The number of fused-ring (bicyclic) bond motifs is 1. The zero-order valence-corrected chi connectivity index (χ0v) is 10.3. The summed E-state index contributed by atoms with van der Waals surface area (Å²) in [6.07, 6.45) is 0. The number of aromatic nitrogens is 4. The molecular formula is C9H12N6O4. The second kappa shape index (κ2) is 4.65. The normalized spacial score (nSPS) is 10.9. The number of hydrogen-bond donors (Lipinski definition) is 2. The monoisotopic (exact) mass is 268 g/mol. The molecule has 0 amide bonds. The Balaban J connectivity index is 2.74. The SMILES string of the molecule is Cn1c(=O)c2[nH]c(N(CCO)N=O)nc2n(C)c1=O. The van der Waals surface area contributed by atoms with Gasteiger partial charge in [-0.1, -0.05) is 0 Å². The Morgan fingerprint density at radius 3 is 2.63 bits per heavy atom. The van der Waals surface area contributed by atoms with E-state index in [0.717, 1.165) is 9.58 Å². The van der Waals surface area contributed by atoms with Gasteiger partial charge >= 0.3 is 5.69 Å². The van der Waals surface area contributed by atoms with Crippen LogP contribution in [0, 0.1) is 4.91 Å². The van der Waals surface area contributed by atoms with Crippen molar-refractivity contribution in [2.75, 3.05) is 18.2 Å². The average Bonchev–Trinajstić information content (AvgIpc) is 2.85. The van der Waals surface area contributed by atoms with Gasteiger partial charge in [-0.15, -0.1) is 4.91 Å². The fourth-order valence-electron chi connectivity index (χ4n) is 1.72. The molecule has 0 fully saturated rings. The van der Waals surface area contributed by atoms with Gasteiger partial charge in [0.05, 0.1) is 18.4 Å². The Morgan fingerprint density at radius 1 is 1.37 bits per heavy atom. The molecule has 19 heavy (non-hydrogen) atoms. The Kier molecular flexibility index (Phi) is 3.17. The highest BCUT2D eigenvalue weighted by Gasteiger charge is 2.17. The summed E-state index contributed by atoms with van der Waals surface area (Å²) in [5.74, 6) is -0.00245. The Labute approximate surface area is 105 Å². The zero-order chi connectivity index (χ0) is 14.2. The Bertz CT molecular complexity index is 741. The van der Waals surface area contributed by atoms with E-state index in [1.807, 2.05) is 0 Å². The highest BCUT2D eigenvalue weighted by molar-refractivity contribution is 5.72. The number of imidazole rings is 1. The van der Waals surface area contributed by atoms with Crippen LogP contribution < -0.4 is 16.3 Å². The number of nitrogens with zero attached hydrogens (tertiary/aromatic N) is 5. The third kappa shape index (κ3) is 1.91. The molecule has 2 rings (SSSR count).